The van der Waals surface area contributed by atoms with Gasteiger partial charge in [0.1, 0.15) is 5.92 Å². The average Bonchev–Trinajstić information content (AvgIpc) is 3.30. The SMILES string of the molecule is CNC1=C([N+](=O)[O-])C(c2cc(OC)c(OC)c(OC)c2)C(C#N)=C(c2ccc[nH]2)O1. The standard InChI is InChI=1S/C20H20N4O6/c1-22-20-17(24(25)26)16(12(10-21)18(30-20)13-6-5-7-23-13)11-8-14(27-2)19(29-4)15(9-11)28-3/h5-9,16,22-23H,1-4H3. The van der Waals surface area contributed by atoms with Crippen LogP contribution in [-0.2, 0) is 4.74 Å². The van der Waals surface area contributed by atoms with Crippen LogP contribution in [0.3, 0.4) is 0 Å². The molecule has 1 aliphatic rings. The Morgan fingerprint density at radius 3 is 2.33 bits per heavy atom. The molecule has 2 heterocycles. The summed E-state index contributed by atoms with van der Waals surface area (Å²) in [6.45, 7) is 0. The van der Waals surface area contributed by atoms with Crippen molar-refractivity contribution in [2.45, 2.75) is 5.92 Å². The van der Waals surface area contributed by atoms with Crippen LogP contribution in [-0.4, -0.2) is 38.3 Å². The summed E-state index contributed by atoms with van der Waals surface area (Å²) in [6.07, 6.45) is 1.67. The van der Waals surface area contributed by atoms with Crippen LogP contribution >= 0.6 is 0 Å². The summed E-state index contributed by atoms with van der Waals surface area (Å²) in [5.74, 6) is 0.0339. The highest BCUT2D eigenvalue weighted by molar-refractivity contribution is 5.71. The summed E-state index contributed by atoms with van der Waals surface area (Å²) < 4.78 is 21.8. The van der Waals surface area contributed by atoms with Gasteiger partial charge in [-0.3, -0.25) is 10.1 Å². The predicted molar refractivity (Wildman–Crippen MR) is 106 cm³/mol. The van der Waals surface area contributed by atoms with Gasteiger partial charge in [-0.25, -0.2) is 0 Å². The van der Waals surface area contributed by atoms with Crippen molar-refractivity contribution in [2.75, 3.05) is 28.4 Å². The zero-order chi connectivity index (χ0) is 21.8. The van der Waals surface area contributed by atoms with E-state index in [0.717, 1.165) is 0 Å². The monoisotopic (exact) mass is 412 g/mol. The first-order valence-corrected chi connectivity index (χ1v) is 8.82. The van der Waals surface area contributed by atoms with E-state index in [9.17, 15) is 15.4 Å². The number of rotatable bonds is 7. The first kappa shape index (κ1) is 20.6. The fraction of sp³-hybridized carbons (Fsp3) is 0.250. The fourth-order valence-electron chi connectivity index (χ4n) is 3.36. The van der Waals surface area contributed by atoms with Crippen molar-refractivity contribution in [3.8, 4) is 23.3 Å². The van der Waals surface area contributed by atoms with Crippen LogP contribution in [0.25, 0.3) is 5.76 Å². The van der Waals surface area contributed by atoms with E-state index in [4.69, 9.17) is 18.9 Å². The van der Waals surface area contributed by atoms with E-state index >= 15 is 0 Å². The number of ether oxygens (including phenoxy) is 4. The molecule has 0 radical (unpaired) electrons. The lowest BCUT2D eigenvalue weighted by molar-refractivity contribution is -0.433. The molecule has 1 unspecified atom stereocenters. The molecule has 1 aromatic heterocycles. The summed E-state index contributed by atoms with van der Waals surface area (Å²) in [5.41, 5.74) is 0.683. The van der Waals surface area contributed by atoms with Crippen molar-refractivity contribution >= 4 is 5.76 Å². The van der Waals surface area contributed by atoms with Gasteiger partial charge in [0.05, 0.1) is 43.6 Å². The van der Waals surface area contributed by atoms with Gasteiger partial charge in [-0.05, 0) is 29.8 Å². The Balaban J connectivity index is 2.34. The van der Waals surface area contributed by atoms with Crippen molar-refractivity contribution in [1.82, 2.24) is 10.3 Å². The van der Waals surface area contributed by atoms with E-state index in [1.54, 1.807) is 30.5 Å². The number of nitrogens with zero attached hydrogens (tertiary/aromatic N) is 2. The molecule has 10 nitrogen and oxygen atoms in total. The van der Waals surface area contributed by atoms with Crippen molar-refractivity contribution in [2.24, 2.45) is 0 Å². The minimum atomic E-state index is -1.05. The molecule has 156 valence electrons. The second-order valence-corrected chi connectivity index (χ2v) is 6.15. The number of hydrogen-bond acceptors (Lipinski definition) is 8. The van der Waals surface area contributed by atoms with Crippen LogP contribution in [0.1, 0.15) is 17.2 Å². The molecule has 0 aliphatic carbocycles. The molecule has 10 heteroatoms. The van der Waals surface area contributed by atoms with Gasteiger partial charge in [0.25, 0.3) is 5.88 Å². The minimum Gasteiger partial charge on any atom is -0.493 e. The highest BCUT2D eigenvalue weighted by Gasteiger charge is 2.42. The predicted octanol–water partition coefficient (Wildman–Crippen LogP) is 2.75. The van der Waals surface area contributed by atoms with E-state index in [2.05, 4.69) is 16.4 Å². The van der Waals surface area contributed by atoms with Crippen LogP contribution < -0.4 is 19.5 Å². The number of H-pyrrole nitrogens is 1. The molecule has 0 saturated carbocycles. The van der Waals surface area contributed by atoms with E-state index in [0.29, 0.717) is 28.5 Å². The first-order chi connectivity index (χ1) is 14.5. The van der Waals surface area contributed by atoms with Crippen molar-refractivity contribution in [3.63, 3.8) is 0 Å². The Kier molecular flexibility index (Phi) is 5.83. The van der Waals surface area contributed by atoms with Crippen LogP contribution in [0.15, 0.2) is 47.6 Å². The molecule has 30 heavy (non-hydrogen) atoms. The lowest BCUT2D eigenvalue weighted by Gasteiger charge is -2.25. The van der Waals surface area contributed by atoms with Gasteiger partial charge in [0, 0.05) is 13.2 Å². The number of allylic oxidation sites excluding steroid dienone is 1. The third kappa shape index (κ3) is 3.37. The van der Waals surface area contributed by atoms with Crippen LogP contribution in [0.4, 0.5) is 0 Å². The molecular formula is C20H20N4O6. The van der Waals surface area contributed by atoms with Gasteiger partial charge in [-0.2, -0.15) is 5.26 Å². The number of nitriles is 1. The van der Waals surface area contributed by atoms with E-state index in [-0.39, 0.29) is 22.9 Å². The first-order valence-electron chi connectivity index (χ1n) is 8.82. The molecule has 0 spiro atoms. The zero-order valence-electron chi connectivity index (χ0n) is 16.8. The van der Waals surface area contributed by atoms with Crippen LogP contribution in [0.5, 0.6) is 17.2 Å². The number of hydrogen-bond donors (Lipinski definition) is 2. The number of nitro groups is 1. The summed E-state index contributed by atoms with van der Waals surface area (Å²) in [4.78, 5) is 14.4. The molecule has 2 aromatic rings. The molecule has 0 saturated heterocycles. The molecule has 3 rings (SSSR count). The maximum atomic E-state index is 12.0. The molecule has 0 amide bonds. The van der Waals surface area contributed by atoms with E-state index in [1.807, 2.05) is 0 Å². The Morgan fingerprint density at radius 2 is 1.90 bits per heavy atom. The minimum absolute atomic E-state index is 0.0671. The van der Waals surface area contributed by atoms with Gasteiger partial charge in [-0.15, -0.1) is 0 Å². The summed E-state index contributed by atoms with van der Waals surface area (Å²) in [5, 5.41) is 24.7. The second-order valence-electron chi connectivity index (χ2n) is 6.15. The maximum absolute atomic E-state index is 12.0. The highest BCUT2D eigenvalue weighted by Crippen LogP contribution is 2.47. The van der Waals surface area contributed by atoms with Crippen LogP contribution in [0, 0.1) is 21.4 Å². The van der Waals surface area contributed by atoms with Gasteiger partial charge in [0.2, 0.25) is 5.75 Å². The number of aromatic amines is 1. The summed E-state index contributed by atoms with van der Waals surface area (Å²) >= 11 is 0. The summed E-state index contributed by atoms with van der Waals surface area (Å²) in [6, 6.07) is 8.69. The maximum Gasteiger partial charge on any atom is 0.318 e. The third-order valence-electron chi connectivity index (χ3n) is 4.65. The van der Waals surface area contributed by atoms with Gasteiger partial charge in [-0.1, -0.05) is 0 Å². The normalized spacial score (nSPS) is 15.9. The summed E-state index contributed by atoms with van der Waals surface area (Å²) in [7, 11) is 5.86. The van der Waals surface area contributed by atoms with Crippen molar-refractivity contribution in [3.05, 3.63) is 69.0 Å². The molecular weight excluding hydrogens is 392 g/mol. The lowest BCUT2D eigenvalue weighted by atomic mass is 9.85. The Labute approximate surface area is 172 Å². The molecule has 2 N–H and O–H groups in total. The second kappa shape index (κ2) is 8.48. The topological polar surface area (TPSA) is 132 Å². The van der Waals surface area contributed by atoms with Gasteiger partial charge >= 0.3 is 5.70 Å². The molecule has 0 fully saturated rings. The molecule has 1 atom stereocenters. The number of benzene rings is 1. The number of nitrogens with one attached hydrogen (secondary N) is 2. The molecule has 1 aliphatic heterocycles. The quantitative estimate of drug-likeness (QED) is 0.524. The van der Waals surface area contributed by atoms with Crippen molar-refractivity contribution < 1.29 is 23.9 Å². The Bertz CT molecular complexity index is 1040. The zero-order valence-corrected chi connectivity index (χ0v) is 16.8. The fourth-order valence-corrected chi connectivity index (χ4v) is 3.36. The largest absolute Gasteiger partial charge is 0.493 e. The van der Waals surface area contributed by atoms with Gasteiger partial charge in [0.15, 0.2) is 17.3 Å². The lowest BCUT2D eigenvalue weighted by Crippen LogP contribution is -2.26. The van der Waals surface area contributed by atoms with Gasteiger partial charge < -0.3 is 29.2 Å². The van der Waals surface area contributed by atoms with Crippen molar-refractivity contribution in [1.29, 1.82) is 5.26 Å². The van der Waals surface area contributed by atoms with E-state index < -0.39 is 10.8 Å². The highest BCUT2D eigenvalue weighted by atomic mass is 16.6. The third-order valence-corrected chi connectivity index (χ3v) is 4.65. The smallest absolute Gasteiger partial charge is 0.318 e. The molecule has 1 aromatic carbocycles. The number of aromatic nitrogens is 1. The van der Waals surface area contributed by atoms with E-state index in [1.165, 1.54) is 28.4 Å². The Hall–Kier alpha value is -4.13. The Morgan fingerprint density at radius 1 is 1.23 bits per heavy atom. The average molecular weight is 412 g/mol. The molecule has 0 bridgehead atoms. The van der Waals surface area contributed by atoms with Crippen LogP contribution in [0.2, 0.25) is 0 Å². The number of methoxy groups -OCH3 is 3.